The number of benzene rings is 2. The second-order valence-corrected chi connectivity index (χ2v) is 6.11. The summed E-state index contributed by atoms with van der Waals surface area (Å²) in [7, 11) is 0. The van der Waals surface area contributed by atoms with Crippen molar-refractivity contribution < 1.29 is 4.74 Å². The van der Waals surface area contributed by atoms with E-state index < -0.39 is 0 Å². The highest BCUT2D eigenvalue weighted by atomic mass is 79.9. The largest absolute Gasteiger partial charge is 0.482 e. The highest BCUT2D eigenvalue weighted by Gasteiger charge is 2.22. The SMILES string of the molecule is CC(N)C(Oc1cccc(Cl)c1Cl)c1ccccc1Br. The molecular weight excluding hydrogens is 361 g/mol. The maximum atomic E-state index is 6.16. The summed E-state index contributed by atoms with van der Waals surface area (Å²) in [5.74, 6) is 0.525. The van der Waals surface area contributed by atoms with Gasteiger partial charge in [0.1, 0.15) is 16.9 Å². The van der Waals surface area contributed by atoms with Gasteiger partial charge in [-0.2, -0.15) is 0 Å². The Kier molecular flexibility index (Phi) is 5.33. The number of ether oxygens (including phenoxy) is 1. The summed E-state index contributed by atoms with van der Waals surface area (Å²) in [6, 6.07) is 12.9. The normalized spacial score (nSPS) is 13.8. The van der Waals surface area contributed by atoms with E-state index in [-0.39, 0.29) is 12.1 Å². The Balaban J connectivity index is 2.36. The van der Waals surface area contributed by atoms with Crippen molar-refractivity contribution in [3.05, 3.63) is 62.5 Å². The van der Waals surface area contributed by atoms with Gasteiger partial charge in [-0.25, -0.2) is 0 Å². The molecule has 2 rings (SSSR count). The molecule has 0 aliphatic heterocycles. The van der Waals surface area contributed by atoms with Gasteiger partial charge >= 0.3 is 0 Å². The molecule has 0 bridgehead atoms. The minimum absolute atomic E-state index is 0.205. The third kappa shape index (κ3) is 3.47. The topological polar surface area (TPSA) is 35.2 Å². The molecule has 0 aliphatic carbocycles. The lowest BCUT2D eigenvalue weighted by Gasteiger charge is -2.24. The molecule has 0 amide bonds. The van der Waals surface area contributed by atoms with Crippen LogP contribution in [0.5, 0.6) is 5.75 Å². The molecule has 0 spiro atoms. The van der Waals surface area contributed by atoms with Gasteiger partial charge in [0.2, 0.25) is 0 Å². The second kappa shape index (κ2) is 6.81. The fourth-order valence-electron chi connectivity index (χ4n) is 1.87. The van der Waals surface area contributed by atoms with Crippen molar-refractivity contribution in [3.8, 4) is 5.75 Å². The first kappa shape index (κ1) is 15.6. The van der Waals surface area contributed by atoms with Crippen LogP contribution in [0.1, 0.15) is 18.6 Å². The van der Waals surface area contributed by atoms with E-state index in [1.165, 1.54) is 0 Å². The quantitative estimate of drug-likeness (QED) is 0.795. The number of hydrogen-bond acceptors (Lipinski definition) is 2. The molecule has 0 saturated carbocycles. The molecule has 0 saturated heterocycles. The summed E-state index contributed by atoms with van der Waals surface area (Å²) in [5, 5.41) is 0.853. The molecule has 0 aromatic heterocycles. The van der Waals surface area contributed by atoms with E-state index in [0.717, 1.165) is 10.0 Å². The predicted molar refractivity (Wildman–Crippen MR) is 87.6 cm³/mol. The molecule has 0 radical (unpaired) electrons. The Morgan fingerprint density at radius 2 is 1.80 bits per heavy atom. The Bertz CT molecular complexity index is 604. The lowest BCUT2D eigenvalue weighted by atomic mass is 10.0. The molecule has 0 heterocycles. The molecule has 2 unspecified atom stereocenters. The Labute approximate surface area is 137 Å². The minimum Gasteiger partial charge on any atom is -0.482 e. The zero-order valence-electron chi connectivity index (χ0n) is 10.8. The van der Waals surface area contributed by atoms with Gasteiger partial charge in [-0.05, 0) is 25.1 Å². The molecule has 2 nitrogen and oxygen atoms in total. The highest BCUT2D eigenvalue weighted by Crippen LogP contribution is 2.36. The first-order valence-corrected chi connectivity index (χ1v) is 7.66. The average Bonchev–Trinajstić information content (AvgIpc) is 2.41. The third-order valence-electron chi connectivity index (χ3n) is 2.86. The van der Waals surface area contributed by atoms with Gasteiger partial charge in [-0.1, -0.05) is 63.4 Å². The fraction of sp³-hybridized carbons (Fsp3) is 0.200. The van der Waals surface area contributed by atoms with Crippen molar-refractivity contribution in [2.45, 2.75) is 19.1 Å². The zero-order chi connectivity index (χ0) is 14.7. The Hall–Kier alpha value is -0.740. The molecule has 5 heteroatoms. The maximum absolute atomic E-state index is 6.16. The summed E-state index contributed by atoms with van der Waals surface area (Å²) in [4.78, 5) is 0. The van der Waals surface area contributed by atoms with Crippen LogP contribution in [0.2, 0.25) is 10.0 Å². The van der Waals surface area contributed by atoms with Crippen LogP contribution in [0, 0.1) is 0 Å². The molecule has 106 valence electrons. The van der Waals surface area contributed by atoms with Gasteiger partial charge in [0.05, 0.1) is 5.02 Å². The van der Waals surface area contributed by atoms with Gasteiger partial charge in [-0.3, -0.25) is 0 Å². The summed E-state index contributed by atoms with van der Waals surface area (Å²) < 4.78 is 6.93. The number of halogens is 3. The molecular formula is C15H14BrCl2NO. The van der Waals surface area contributed by atoms with Crippen LogP contribution in [0.4, 0.5) is 0 Å². The van der Waals surface area contributed by atoms with Gasteiger partial charge in [0.15, 0.2) is 0 Å². The third-order valence-corrected chi connectivity index (χ3v) is 4.38. The number of nitrogens with two attached hydrogens (primary N) is 1. The van der Waals surface area contributed by atoms with E-state index in [1.807, 2.05) is 31.2 Å². The van der Waals surface area contributed by atoms with Crippen molar-refractivity contribution in [2.24, 2.45) is 5.73 Å². The van der Waals surface area contributed by atoms with E-state index >= 15 is 0 Å². The van der Waals surface area contributed by atoms with Crippen molar-refractivity contribution in [1.29, 1.82) is 0 Å². The Morgan fingerprint density at radius 1 is 1.10 bits per heavy atom. The fourth-order valence-corrected chi connectivity index (χ4v) is 2.72. The molecule has 2 aromatic carbocycles. The van der Waals surface area contributed by atoms with Gasteiger partial charge < -0.3 is 10.5 Å². The van der Waals surface area contributed by atoms with E-state index in [1.54, 1.807) is 18.2 Å². The van der Waals surface area contributed by atoms with Crippen LogP contribution in [-0.2, 0) is 0 Å². The lowest BCUT2D eigenvalue weighted by molar-refractivity contribution is 0.180. The molecule has 20 heavy (non-hydrogen) atoms. The van der Waals surface area contributed by atoms with Crippen LogP contribution in [0.15, 0.2) is 46.9 Å². The monoisotopic (exact) mass is 373 g/mol. The van der Waals surface area contributed by atoms with Crippen LogP contribution < -0.4 is 10.5 Å². The second-order valence-electron chi connectivity index (χ2n) is 4.47. The predicted octanol–water partition coefficient (Wildman–Crippen LogP) is 5.22. The van der Waals surface area contributed by atoms with Crippen LogP contribution in [0.25, 0.3) is 0 Å². The van der Waals surface area contributed by atoms with Gasteiger partial charge in [0.25, 0.3) is 0 Å². The zero-order valence-corrected chi connectivity index (χ0v) is 13.9. The maximum Gasteiger partial charge on any atom is 0.140 e. The number of rotatable bonds is 4. The van der Waals surface area contributed by atoms with E-state index in [0.29, 0.717) is 15.8 Å². The van der Waals surface area contributed by atoms with Crippen LogP contribution >= 0.6 is 39.1 Å². The van der Waals surface area contributed by atoms with Crippen LogP contribution in [-0.4, -0.2) is 6.04 Å². The minimum atomic E-state index is -0.318. The summed E-state index contributed by atoms with van der Waals surface area (Å²) in [6.07, 6.45) is -0.318. The standard InChI is InChI=1S/C15H14BrCl2NO/c1-9(19)15(10-5-2-3-6-11(10)16)20-13-8-4-7-12(17)14(13)18/h2-9,15H,19H2,1H3. The van der Waals surface area contributed by atoms with Crippen molar-refractivity contribution in [1.82, 2.24) is 0 Å². The molecule has 0 fully saturated rings. The van der Waals surface area contributed by atoms with E-state index in [9.17, 15) is 0 Å². The molecule has 2 atom stereocenters. The molecule has 2 aromatic rings. The summed E-state index contributed by atoms with van der Waals surface area (Å²) in [5.41, 5.74) is 7.02. The van der Waals surface area contributed by atoms with Gasteiger partial charge in [0, 0.05) is 16.1 Å². The molecule has 2 N–H and O–H groups in total. The summed E-state index contributed by atoms with van der Waals surface area (Å²) in [6.45, 7) is 1.89. The van der Waals surface area contributed by atoms with E-state index in [4.69, 9.17) is 33.7 Å². The first-order valence-electron chi connectivity index (χ1n) is 6.11. The first-order chi connectivity index (χ1) is 9.50. The smallest absolute Gasteiger partial charge is 0.140 e. The van der Waals surface area contributed by atoms with Gasteiger partial charge in [-0.15, -0.1) is 0 Å². The Morgan fingerprint density at radius 3 is 2.45 bits per heavy atom. The number of hydrogen-bond donors (Lipinski definition) is 1. The molecule has 0 aliphatic rings. The summed E-state index contributed by atoms with van der Waals surface area (Å²) >= 11 is 15.7. The van der Waals surface area contributed by atoms with Crippen LogP contribution in [0.3, 0.4) is 0 Å². The highest BCUT2D eigenvalue weighted by molar-refractivity contribution is 9.10. The van der Waals surface area contributed by atoms with E-state index in [2.05, 4.69) is 15.9 Å². The lowest BCUT2D eigenvalue weighted by Crippen LogP contribution is -2.29. The van der Waals surface area contributed by atoms with Crippen molar-refractivity contribution in [2.75, 3.05) is 0 Å². The van der Waals surface area contributed by atoms with Crippen molar-refractivity contribution >= 4 is 39.1 Å². The van der Waals surface area contributed by atoms with Crippen molar-refractivity contribution in [3.63, 3.8) is 0 Å². The average molecular weight is 375 g/mol.